The lowest BCUT2D eigenvalue weighted by atomic mass is 9.96. The number of benzene rings is 1. The number of carbonyl (C=O) groups excluding carboxylic acids is 1. The van der Waals surface area contributed by atoms with Gasteiger partial charge in [-0.2, -0.15) is 4.37 Å². The van der Waals surface area contributed by atoms with Crippen molar-refractivity contribution in [3.8, 4) is 0 Å². The van der Waals surface area contributed by atoms with Crippen LogP contribution in [0.15, 0.2) is 24.3 Å². The van der Waals surface area contributed by atoms with Crippen molar-refractivity contribution in [3.05, 3.63) is 41.5 Å². The van der Waals surface area contributed by atoms with Crippen LogP contribution in [-0.4, -0.2) is 35.0 Å². The maximum atomic E-state index is 13.0. The molecule has 1 amide bonds. The number of halogens is 1. The van der Waals surface area contributed by atoms with Crippen LogP contribution in [0.3, 0.4) is 0 Å². The quantitative estimate of drug-likeness (QED) is 0.798. The van der Waals surface area contributed by atoms with Crippen LogP contribution in [-0.2, 0) is 16.1 Å². The molecule has 1 aliphatic rings. The summed E-state index contributed by atoms with van der Waals surface area (Å²) in [6, 6.07) is 6.39. The van der Waals surface area contributed by atoms with E-state index in [-0.39, 0.29) is 17.6 Å². The molecule has 1 fully saturated rings. The summed E-state index contributed by atoms with van der Waals surface area (Å²) in [7, 11) is 0. The normalized spacial score (nSPS) is 15.4. The lowest BCUT2D eigenvalue weighted by Gasteiger charge is -2.30. The molecule has 0 bridgehead atoms. The minimum Gasteiger partial charge on any atom is -0.347 e. The minimum absolute atomic E-state index is 0.0191. The predicted octanol–water partition coefficient (Wildman–Crippen LogP) is 2.55. The molecule has 0 unspecified atom stereocenters. The van der Waals surface area contributed by atoms with E-state index in [4.69, 9.17) is 4.84 Å². The molecular formula is C17H21FN4O2S. The van der Waals surface area contributed by atoms with Gasteiger partial charge in [0.1, 0.15) is 11.6 Å². The molecule has 0 spiro atoms. The Labute approximate surface area is 150 Å². The number of hydrogen-bond donors (Lipinski definition) is 1. The minimum atomic E-state index is -0.244. The number of nitrogens with one attached hydrogen (secondary N) is 1. The molecule has 0 saturated carbocycles. The van der Waals surface area contributed by atoms with Crippen molar-refractivity contribution in [2.45, 2.75) is 26.2 Å². The Bertz CT molecular complexity index is 699. The third-order valence-corrected chi connectivity index (χ3v) is 5.00. The summed E-state index contributed by atoms with van der Waals surface area (Å²) in [6.07, 6.45) is 2.13. The lowest BCUT2D eigenvalue weighted by Crippen LogP contribution is -2.40. The maximum absolute atomic E-state index is 13.0. The van der Waals surface area contributed by atoms with Gasteiger partial charge >= 0.3 is 0 Å². The molecule has 1 aromatic carbocycles. The van der Waals surface area contributed by atoms with Gasteiger partial charge < -0.3 is 4.90 Å². The molecule has 2 aromatic rings. The van der Waals surface area contributed by atoms with E-state index in [1.807, 2.05) is 6.92 Å². The number of aromatic nitrogens is 2. The number of carbonyl (C=O) groups is 1. The second kappa shape index (κ2) is 8.35. The van der Waals surface area contributed by atoms with Crippen molar-refractivity contribution in [1.82, 2.24) is 14.8 Å². The average molecular weight is 364 g/mol. The predicted molar refractivity (Wildman–Crippen MR) is 93.8 cm³/mol. The molecule has 6 nitrogen and oxygen atoms in total. The van der Waals surface area contributed by atoms with Gasteiger partial charge in [0, 0.05) is 37.0 Å². The highest BCUT2D eigenvalue weighted by atomic mass is 32.1. The van der Waals surface area contributed by atoms with Crippen LogP contribution in [0.4, 0.5) is 9.52 Å². The molecule has 1 saturated heterocycles. The van der Waals surface area contributed by atoms with Crippen molar-refractivity contribution in [2.75, 3.05) is 24.6 Å². The molecule has 0 atom stereocenters. The smallest absolute Gasteiger partial charge is 0.246 e. The summed E-state index contributed by atoms with van der Waals surface area (Å²) in [6.45, 7) is 3.85. The summed E-state index contributed by atoms with van der Waals surface area (Å²) in [5.74, 6) is 0.430. The first kappa shape index (κ1) is 17.8. The first-order valence-corrected chi connectivity index (χ1v) is 9.16. The summed E-state index contributed by atoms with van der Waals surface area (Å²) in [4.78, 5) is 23.6. The largest absolute Gasteiger partial charge is 0.347 e. The van der Waals surface area contributed by atoms with Crippen LogP contribution >= 0.6 is 11.5 Å². The van der Waals surface area contributed by atoms with E-state index in [9.17, 15) is 9.18 Å². The van der Waals surface area contributed by atoms with Crippen molar-refractivity contribution in [1.29, 1.82) is 0 Å². The van der Waals surface area contributed by atoms with E-state index >= 15 is 0 Å². The standard InChI is InChI=1S/C17H21FN4O2S/c1-2-24-20-16(23)13-7-9-22(10-8-13)17-19-15(21-25-17)11-12-3-5-14(18)6-4-12/h3-6,13H,2,7-11H2,1H3,(H,20,23). The van der Waals surface area contributed by atoms with Crippen molar-refractivity contribution in [3.63, 3.8) is 0 Å². The number of rotatable bonds is 6. The van der Waals surface area contributed by atoms with Gasteiger partial charge in [-0.25, -0.2) is 14.9 Å². The fourth-order valence-corrected chi connectivity index (χ4v) is 3.53. The van der Waals surface area contributed by atoms with E-state index < -0.39 is 0 Å². The Morgan fingerprint density at radius 3 is 2.76 bits per heavy atom. The van der Waals surface area contributed by atoms with Gasteiger partial charge in [0.25, 0.3) is 0 Å². The van der Waals surface area contributed by atoms with Crippen molar-refractivity contribution < 1.29 is 14.0 Å². The third kappa shape index (κ3) is 4.73. The van der Waals surface area contributed by atoms with Crippen LogP contribution in [0.2, 0.25) is 0 Å². The molecule has 25 heavy (non-hydrogen) atoms. The number of amides is 1. The molecule has 134 valence electrons. The Balaban J connectivity index is 1.53. The molecule has 3 rings (SSSR count). The van der Waals surface area contributed by atoms with Crippen LogP contribution in [0.25, 0.3) is 0 Å². The fourth-order valence-electron chi connectivity index (χ4n) is 2.79. The first-order valence-electron chi connectivity index (χ1n) is 8.39. The number of anilines is 1. The van der Waals surface area contributed by atoms with Gasteiger partial charge in [-0.05, 0) is 37.5 Å². The number of hydrogen-bond acceptors (Lipinski definition) is 6. The van der Waals surface area contributed by atoms with E-state index in [0.717, 1.165) is 42.5 Å². The van der Waals surface area contributed by atoms with Crippen molar-refractivity contribution >= 4 is 22.6 Å². The zero-order valence-corrected chi connectivity index (χ0v) is 14.9. The molecule has 2 heterocycles. The summed E-state index contributed by atoms with van der Waals surface area (Å²) in [5.41, 5.74) is 3.47. The highest BCUT2D eigenvalue weighted by molar-refractivity contribution is 7.09. The highest BCUT2D eigenvalue weighted by Gasteiger charge is 2.26. The molecule has 0 aliphatic carbocycles. The molecular weight excluding hydrogens is 343 g/mol. The third-order valence-electron chi connectivity index (χ3n) is 4.19. The van der Waals surface area contributed by atoms with Gasteiger partial charge in [0.15, 0.2) is 0 Å². The van der Waals surface area contributed by atoms with Crippen LogP contribution < -0.4 is 10.4 Å². The van der Waals surface area contributed by atoms with E-state index in [1.54, 1.807) is 12.1 Å². The summed E-state index contributed by atoms with van der Waals surface area (Å²) in [5, 5.41) is 0.876. The number of piperidine rings is 1. The van der Waals surface area contributed by atoms with Gasteiger partial charge in [-0.1, -0.05) is 12.1 Å². The second-order valence-corrected chi connectivity index (χ2v) is 6.69. The zero-order valence-electron chi connectivity index (χ0n) is 14.1. The maximum Gasteiger partial charge on any atom is 0.246 e. The Hall–Kier alpha value is -2.06. The fraction of sp³-hybridized carbons (Fsp3) is 0.471. The number of nitrogens with zero attached hydrogens (tertiary/aromatic N) is 3. The Morgan fingerprint density at radius 2 is 2.08 bits per heavy atom. The molecule has 1 aliphatic heterocycles. The van der Waals surface area contributed by atoms with Crippen molar-refractivity contribution in [2.24, 2.45) is 5.92 Å². The SMILES string of the molecule is CCONC(=O)C1CCN(c2nc(Cc3ccc(F)cc3)ns2)CC1. The molecule has 1 N–H and O–H groups in total. The average Bonchev–Trinajstić information content (AvgIpc) is 3.10. The van der Waals surface area contributed by atoms with Gasteiger partial charge in [-0.3, -0.25) is 9.63 Å². The zero-order chi connectivity index (χ0) is 17.6. The Kier molecular flexibility index (Phi) is 5.93. The first-order chi connectivity index (χ1) is 12.2. The monoisotopic (exact) mass is 364 g/mol. The lowest BCUT2D eigenvalue weighted by molar-refractivity contribution is -0.138. The van der Waals surface area contributed by atoms with Crippen LogP contribution in [0, 0.1) is 11.7 Å². The summed E-state index contributed by atoms with van der Waals surface area (Å²) >= 11 is 1.37. The Morgan fingerprint density at radius 1 is 1.36 bits per heavy atom. The van der Waals surface area contributed by atoms with E-state index in [0.29, 0.717) is 13.0 Å². The van der Waals surface area contributed by atoms with Gasteiger partial charge in [0.2, 0.25) is 11.0 Å². The van der Waals surface area contributed by atoms with Gasteiger partial charge in [0.05, 0.1) is 6.61 Å². The van der Waals surface area contributed by atoms with E-state index in [1.165, 1.54) is 23.7 Å². The topological polar surface area (TPSA) is 67.3 Å². The second-order valence-electron chi connectivity index (χ2n) is 5.96. The summed E-state index contributed by atoms with van der Waals surface area (Å²) < 4.78 is 17.4. The molecule has 1 aromatic heterocycles. The molecule has 0 radical (unpaired) electrons. The van der Waals surface area contributed by atoms with Crippen LogP contribution in [0.1, 0.15) is 31.2 Å². The number of hydroxylamine groups is 1. The molecule has 8 heteroatoms. The highest BCUT2D eigenvalue weighted by Crippen LogP contribution is 2.25. The van der Waals surface area contributed by atoms with Gasteiger partial charge in [-0.15, -0.1) is 0 Å². The van der Waals surface area contributed by atoms with E-state index in [2.05, 4.69) is 19.7 Å². The van der Waals surface area contributed by atoms with Crippen LogP contribution in [0.5, 0.6) is 0 Å².